The number of aliphatic hydroxyl groups excluding tert-OH is 1. The van der Waals surface area contributed by atoms with Gasteiger partial charge in [-0.1, -0.05) is 25.1 Å². The number of fused-ring (bicyclic) bond motifs is 1. The van der Waals surface area contributed by atoms with Crippen LogP contribution in [0.5, 0.6) is 0 Å². The van der Waals surface area contributed by atoms with E-state index in [0.29, 0.717) is 25.8 Å². The Kier molecular flexibility index (Phi) is 6.50. The highest BCUT2D eigenvalue weighted by Gasteiger charge is 2.79. The lowest BCUT2D eigenvalue weighted by Crippen LogP contribution is -2.54. The average molecular weight is 472 g/mol. The summed E-state index contributed by atoms with van der Waals surface area (Å²) in [7, 11) is 1.58. The molecule has 1 aromatic carbocycles. The fourth-order valence-corrected chi connectivity index (χ4v) is 6.61. The molecule has 0 radical (unpaired) electrons. The first-order valence-corrected chi connectivity index (χ1v) is 12.3. The number of amides is 3. The number of para-hydroxylation sites is 1. The number of anilines is 1. The highest BCUT2D eigenvalue weighted by molar-refractivity contribution is 6.04. The first-order chi connectivity index (χ1) is 16.1. The SMILES string of the molecule is CNC(=O)[C@@H]1[C@H]2C(=O)N(CCCCCO)C(C(=O)Nc3c(C)cccc3C)C23CC(C)[C@@]1(C)O3. The second kappa shape index (κ2) is 8.96. The molecule has 3 heterocycles. The molecule has 8 heteroatoms. The van der Waals surface area contributed by atoms with E-state index in [-0.39, 0.29) is 30.2 Å². The first kappa shape index (κ1) is 24.7. The Bertz CT molecular complexity index is 976. The van der Waals surface area contributed by atoms with Crippen molar-refractivity contribution in [2.45, 2.75) is 70.6 Å². The molecule has 3 unspecified atom stereocenters. The van der Waals surface area contributed by atoms with Gasteiger partial charge in [-0.25, -0.2) is 0 Å². The number of nitrogens with one attached hydrogen (secondary N) is 2. The van der Waals surface area contributed by atoms with E-state index in [0.717, 1.165) is 23.2 Å². The van der Waals surface area contributed by atoms with Gasteiger partial charge >= 0.3 is 0 Å². The van der Waals surface area contributed by atoms with Crippen LogP contribution in [0.4, 0.5) is 5.69 Å². The Balaban J connectivity index is 1.74. The molecule has 34 heavy (non-hydrogen) atoms. The van der Waals surface area contributed by atoms with Crippen LogP contribution in [0.15, 0.2) is 18.2 Å². The Morgan fingerprint density at radius 2 is 1.85 bits per heavy atom. The fraction of sp³-hybridized carbons (Fsp3) is 0.654. The van der Waals surface area contributed by atoms with Crippen LogP contribution in [0.1, 0.15) is 50.7 Å². The highest BCUT2D eigenvalue weighted by Crippen LogP contribution is 2.65. The topological polar surface area (TPSA) is 108 Å². The van der Waals surface area contributed by atoms with Crippen molar-refractivity contribution in [1.82, 2.24) is 10.2 Å². The van der Waals surface area contributed by atoms with Gasteiger partial charge in [-0.05, 0) is 63.5 Å². The van der Waals surface area contributed by atoms with Gasteiger partial charge in [-0.2, -0.15) is 0 Å². The van der Waals surface area contributed by atoms with Gasteiger partial charge in [0.05, 0.1) is 17.4 Å². The number of aryl methyl sites for hydroxylation is 2. The molecular formula is C26H37N3O5. The van der Waals surface area contributed by atoms with Crippen LogP contribution in [0.2, 0.25) is 0 Å². The molecule has 0 aromatic heterocycles. The van der Waals surface area contributed by atoms with Crippen LogP contribution in [-0.4, -0.2) is 65.2 Å². The zero-order valence-electron chi connectivity index (χ0n) is 20.8. The van der Waals surface area contributed by atoms with Gasteiger partial charge in [-0.15, -0.1) is 0 Å². The summed E-state index contributed by atoms with van der Waals surface area (Å²) >= 11 is 0. The number of nitrogens with zero attached hydrogens (tertiary/aromatic N) is 1. The summed E-state index contributed by atoms with van der Waals surface area (Å²) in [4.78, 5) is 42.4. The lowest BCUT2D eigenvalue weighted by Gasteiger charge is -2.36. The zero-order chi connectivity index (χ0) is 24.8. The molecular weight excluding hydrogens is 434 g/mol. The normalized spacial score (nSPS) is 33.8. The number of likely N-dealkylation sites (tertiary alicyclic amines) is 1. The second-order valence-electron chi connectivity index (χ2n) is 10.4. The molecule has 1 aromatic rings. The number of carbonyl (C=O) groups is 3. The predicted molar refractivity (Wildman–Crippen MR) is 128 cm³/mol. The molecule has 3 N–H and O–H groups in total. The van der Waals surface area contributed by atoms with E-state index in [4.69, 9.17) is 9.84 Å². The molecule has 186 valence electrons. The molecule has 4 rings (SSSR count). The molecule has 1 spiro atoms. The fourth-order valence-electron chi connectivity index (χ4n) is 6.61. The molecule has 2 bridgehead atoms. The Morgan fingerprint density at radius 1 is 1.18 bits per heavy atom. The van der Waals surface area contributed by atoms with Crippen molar-refractivity contribution < 1.29 is 24.2 Å². The molecule has 3 saturated heterocycles. The van der Waals surface area contributed by atoms with Crippen LogP contribution < -0.4 is 10.6 Å². The van der Waals surface area contributed by atoms with Crippen molar-refractivity contribution in [2.24, 2.45) is 17.8 Å². The minimum Gasteiger partial charge on any atom is -0.396 e. The molecule has 0 saturated carbocycles. The third kappa shape index (κ3) is 3.53. The number of unbranched alkanes of at least 4 members (excludes halogenated alkanes) is 2. The zero-order valence-corrected chi connectivity index (χ0v) is 20.8. The van der Waals surface area contributed by atoms with Gasteiger partial charge < -0.3 is 25.4 Å². The first-order valence-electron chi connectivity index (χ1n) is 12.3. The minimum absolute atomic E-state index is 0.0173. The smallest absolute Gasteiger partial charge is 0.250 e. The largest absolute Gasteiger partial charge is 0.396 e. The summed E-state index contributed by atoms with van der Waals surface area (Å²) in [6.45, 7) is 8.31. The van der Waals surface area contributed by atoms with Gasteiger partial charge in [0, 0.05) is 25.9 Å². The van der Waals surface area contributed by atoms with Crippen LogP contribution in [0.3, 0.4) is 0 Å². The van der Waals surface area contributed by atoms with E-state index in [2.05, 4.69) is 10.6 Å². The molecule has 3 aliphatic rings. The maximum Gasteiger partial charge on any atom is 0.250 e. The number of carbonyl (C=O) groups excluding carboxylic acids is 3. The van der Waals surface area contributed by atoms with Crippen molar-refractivity contribution in [3.05, 3.63) is 29.3 Å². The summed E-state index contributed by atoms with van der Waals surface area (Å²) in [5.74, 6) is -2.00. The average Bonchev–Trinajstić information content (AvgIpc) is 3.30. The molecule has 6 atom stereocenters. The summed E-state index contributed by atoms with van der Waals surface area (Å²) < 4.78 is 6.66. The summed E-state index contributed by atoms with van der Waals surface area (Å²) in [6, 6.07) is 5.01. The number of benzene rings is 1. The van der Waals surface area contributed by atoms with Crippen molar-refractivity contribution >= 4 is 23.4 Å². The van der Waals surface area contributed by atoms with Gasteiger partial charge in [0.1, 0.15) is 11.6 Å². The molecule has 3 fully saturated rings. The maximum atomic E-state index is 13.9. The molecule has 3 amide bonds. The Labute approximate surface area is 201 Å². The number of hydrogen-bond donors (Lipinski definition) is 3. The molecule has 8 nitrogen and oxygen atoms in total. The third-order valence-corrected chi connectivity index (χ3v) is 8.38. The van der Waals surface area contributed by atoms with Gasteiger partial charge in [0.2, 0.25) is 17.7 Å². The third-order valence-electron chi connectivity index (χ3n) is 8.38. The Morgan fingerprint density at radius 3 is 2.47 bits per heavy atom. The minimum atomic E-state index is -1.04. The molecule has 3 aliphatic heterocycles. The standard InChI is InChI=1S/C26H37N3O5/c1-15-10-9-11-16(2)20(15)28-23(32)21-26-14-17(3)25(4,34-26)18(22(31)27-5)19(26)24(33)29(21)12-7-6-8-13-30/h9-11,17-19,21,30H,6-8,12-14H2,1-5H3,(H,27,31)(H,28,32)/t17?,18-,19-,21?,25+,26?/m0/s1. The molecule has 0 aliphatic carbocycles. The van der Waals surface area contributed by atoms with E-state index in [1.54, 1.807) is 11.9 Å². The predicted octanol–water partition coefficient (Wildman–Crippen LogP) is 2.16. The van der Waals surface area contributed by atoms with Crippen LogP contribution in [-0.2, 0) is 19.1 Å². The maximum absolute atomic E-state index is 13.9. The summed E-state index contributed by atoms with van der Waals surface area (Å²) in [6.07, 6.45) is 2.60. The Hall–Kier alpha value is -2.45. The number of rotatable bonds is 8. The van der Waals surface area contributed by atoms with E-state index in [1.165, 1.54) is 0 Å². The highest BCUT2D eigenvalue weighted by atomic mass is 16.5. The van der Waals surface area contributed by atoms with Gasteiger partial charge in [0.15, 0.2) is 0 Å². The second-order valence-corrected chi connectivity index (χ2v) is 10.4. The number of hydrogen-bond acceptors (Lipinski definition) is 5. The van der Waals surface area contributed by atoms with E-state index < -0.39 is 29.1 Å². The van der Waals surface area contributed by atoms with Gasteiger partial charge in [-0.3, -0.25) is 14.4 Å². The number of ether oxygens (including phenoxy) is 1. The van der Waals surface area contributed by atoms with Crippen molar-refractivity contribution in [3.8, 4) is 0 Å². The van der Waals surface area contributed by atoms with E-state index in [1.807, 2.05) is 45.9 Å². The lowest BCUT2D eigenvalue weighted by molar-refractivity contribution is -0.146. The lowest BCUT2D eigenvalue weighted by atomic mass is 9.62. The van der Waals surface area contributed by atoms with Crippen molar-refractivity contribution in [2.75, 3.05) is 25.5 Å². The quantitative estimate of drug-likeness (QED) is 0.504. The van der Waals surface area contributed by atoms with Crippen LogP contribution in [0, 0.1) is 31.6 Å². The van der Waals surface area contributed by atoms with E-state index >= 15 is 0 Å². The number of aliphatic hydroxyl groups is 1. The van der Waals surface area contributed by atoms with Crippen molar-refractivity contribution in [3.63, 3.8) is 0 Å². The van der Waals surface area contributed by atoms with Crippen LogP contribution in [0.25, 0.3) is 0 Å². The monoisotopic (exact) mass is 471 g/mol. The van der Waals surface area contributed by atoms with Crippen LogP contribution >= 0.6 is 0 Å². The summed E-state index contributed by atoms with van der Waals surface area (Å²) in [5.41, 5.74) is 0.790. The summed E-state index contributed by atoms with van der Waals surface area (Å²) in [5, 5.41) is 15.0. The van der Waals surface area contributed by atoms with E-state index in [9.17, 15) is 14.4 Å². The van der Waals surface area contributed by atoms with Crippen molar-refractivity contribution in [1.29, 1.82) is 0 Å². The van der Waals surface area contributed by atoms with Gasteiger partial charge in [0.25, 0.3) is 0 Å².